The Bertz CT molecular complexity index is 1180. The maximum atomic E-state index is 13.1. The molecule has 2 aliphatic heterocycles. The van der Waals surface area contributed by atoms with Crippen LogP contribution in [0.4, 0.5) is 4.79 Å². The van der Waals surface area contributed by atoms with Crippen LogP contribution in [0.15, 0.2) is 23.1 Å². The largest absolute Gasteiger partial charge is 0.454 e. The second kappa shape index (κ2) is 9.62. The van der Waals surface area contributed by atoms with E-state index < -0.39 is 23.5 Å². The van der Waals surface area contributed by atoms with Gasteiger partial charge in [-0.15, -0.1) is 0 Å². The Labute approximate surface area is 196 Å². The minimum absolute atomic E-state index is 0.0556. The van der Waals surface area contributed by atoms with E-state index in [0.29, 0.717) is 61.7 Å². The fourth-order valence-electron chi connectivity index (χ4n) is 4.14. The summed E-state index contributed by atoms with van der Waals surface area (Å²) < 4.78 is 17.6. The Kier molecular flexibility index (Phi) is 6.62. The van der Waals surface area contributed by atoms with E-state index in [1.807, 2.05) is 6.92 Å². The topological polar surface area (TPSA) is 119 Å². The maximum absolute atomic E-state index is 13.1. The van der Waals surface area contributed by atoms with E-state index in [9.17, 15) is 19.2 Å². The molecule has 3 heterocycles. The SMILES string of the molecule is CCOC(=O)N1CCN(C(=O)[C@@H](C)NC(=O)c2cn(CC)c3cc4c(cc3c2=O)OCO4)CC1. The zero-order chi connectivity index (χ0) is 24.4. The molecule has 0 radical (unpaired) electrons. The predicted molar refractivity (Wildman–Crippen MR) is 122 cm³/mol. The van der Waals surface area contributed by atoms with Crippen molar-refractivity contribution in [3.05, 3.63) is 34.1 Å². The average Bonchev–Trinajstić information content (AvgIpc) is 3.30. The molecule has 2 aliphatic rings. The number of rotatable bonds is 5. The van der Waals surface area contributed by atoms with Crippen LogP contribution in [-0.2, 0) is 16.1 Å². The number of amides is 3. The molecule has 1 saturated heterocycles. The zero-order valence-corrected chi connectivity index (χ0v) is 19.5. The number of benzene rings is 1. The van der Waals surface area contributed by atoms with E-state index in [-0.39, 0.29) is 18.3 Å². The number of ether oxygens (including phenoxy) is 3. The lowest BCUT2D eigenvalue weighted by Crippen LogP contribution is -2.55. The van der Waals surface area contributed by atoms with Crippen LogP contribution >= 0.6 is 0 Å². The van der Waals surface area contributed by atoms with E-state index in [0.717, 1.165) is 0 Å². The van der Waals surface area contributed by atoms with Crippen molar-refractivity contribution in [2.24, 2.45) is 0 Å². The van der Waals surface area contributed by atoms with Gasteiger partial charge in [0.05, 0.1) is 17.5 Å². The van der Waals surface area contributed by atoms with Gasteiger partial charge in [-0.2, -0.15) is 0 Å². The number of piperazine rings is 1. The molecule has 34 heavy (non-hydrogen) atoms. The van der Waals surface area contributed by atoms with Crippen LogP contribution < -0.4 is 20.2 Å². The first-order valence-electron chi connectivity index (χ1n) is 11.3. The van der Waals surface area contributed by atoms with Crippen molar-refractivity contribution in [1.82, 2.24) is 19.7 Å². The number of hydrogen-bond donors (Lipinski definition) is 1. The summed E-state index contributed by atoms with van der Waals surface area (Å²) in [6.07, 6.45) is 1.10. The smallest absolute Gasteiger partial charge is 0.409 e. The minimum atomic E-state index is -0.844. The van der Waals surface area contributed by atoms with E-state index in [4.69, 9.17) is 14.2 Å². The van der Waals surface area contributed by atoms with Crippen molar-refractivity contribution in [2.45, 2.75) is 33.4 Å². The molecule has 2 aromatic rings. The van der Waals surface area contributed by atoms with Crippen LogP contribution in [-0.4, -0.2) is 77.9 Å². The lowest BCUT2D eigenvalue weighted by Gasteiger charge is -2.35. The van der Waals surface area contributed by atoms with Gasteiger partial charge in [0.25, 0.3) is 5.91 Å². The fourth-order valence-corrected chi connectivity index (χ4v) is 4.14. The highest BCUT2D eigenvalue weighted by Gasteiger charge is 2.29. The Morgan fingerprint density at radius 1 is 1.06 bits per heavy atom. The first-order valence-corrected chi connectivity index (χ1v) is 11.3. The van der Waals surface area contributed by atoms with Crippen LogP contribution in [0.5, 0.6) is 11.5 Å². The van der Waals surface area contributed by atoms with Gasteiger partial charge in [-0.05, 0) is 26.8 Å². The molecule has 182 valence electrons. The summed E-state index contributed by atoms with van der Waals surface area (Å²) in [6.45, 7) is 7.49. The normalized spacial score (nSPS) is 15.9. The Balaban J connectivity index is 1.48. The van der Waals surface area contributed by atoms with E-state index in [1.165, 1.54) is 6.20 Å². The first kappa shape index (κ1) is 23.4. The number of carbonyl (C=O) groups excluding carboxylic acids is 3. The van der Waals surface area contributed by atoms with Gasteiger partial charge in [0.1, 0.15) is 11.6 Å². The number of hydrogen-bond acceptors (Lipinski definition) is 7. The molecule has 11 nitrogen and oxygen atoms in total. The van der Waals surface area contributed by atoms with Gasteiger partial charge >= 0.3 is 6.09 Å². The summed E-state index contributed by atoms with van der Waals surface area (Å²) >= 11 is 0. The number of carbonyl (C=O) groups is 3. The second-order valence-corrected chi connectivity index (χ2v) is 8.09. The summed E-state index contributed by atoms with van der Waals surface area (Å²) in [5.74, 6) is 0.0958. The highest BCUT2D eigenvalue weighted by Crippen LogP contribution is 2.35. The number of aryl methyl sites for hydroxylation is 1. The molecule has 1 aromatic heterocycles. The third-order valence-corrected chi connectivity index (χ3v) is 6.00. The van der Waals surface area contributed by atoms with E-state index >= 15 is 0 Å². The van der Waals surface area contributed by atoms with Crippen molar-refractivity contribution in [3.8, 4) is 11.5 Å². The Morgan fingerprint density at radius 2 is 1.71 bits per heavy atom. The second-order valence-electron chi connectivity index (χ2n) is 8.09. The third kappa shape index (κ3) is 4.37. The molecule has 11 heteroatoms. The molecule has 0 saturated carbocycles. The molecule has 3 amide bonds. The van der Waals surface area contributed by atoms with Crippen LogP contribution in [0.3, 0.4) is 0 Å². The molecule has 0 aliphatic carbocycles. The van der Waals surface area contributed by atoms with Crippen molar-refractivity contribution >= 4 is 28.8 Å². The quantitative estimate of drug-likeness (QED) is 0.694. The fraction of sp³-hybridized carbons (Fsp3) is 0.478. The van der Waals surface area contributed by atoms with Gasteiger partial charge in [-0.1, -0.05) is 0 Å². The van der Waals surface area contributed by atoms with Gasteiger partial charge < -0.3 is 33.9 Å². The molecule has 0 unspecified atom stereocenters. The third-order valence-electron chi connectivity index (χ3n) is 6.00. The zero-order valence-electron chi connectivity index (χ0n) is 19.5. The van der Waals surface area contributed by atoms with Crippen molar-refractivity contribution in [1.29, 1.82) is 0 Å². The molecule has 1 atom stereocenters. The standard InChI is InChI=1S/C23H28N4O7/c1-4-25-12-16(20(28)15-10-18-19(11-17(15)25)34-13-33-18)21(29)24-14(3)22(30)26-6-8-27(9-7-26)23(31)32-5-2/h10-12,14H,4-9,13H2,1-3H3,(H,24,29)/t14-/m1/s1. The van der Waals surface area contributed by atoms with Crippen molar-refractivity contribution in [3.63, 3.8) is 0 Å². The number of nitrogens with zero attached hydrogens (tertiary/aromatic N) is 3. The van der Waals surface area contributed by atoms with Gasteiger partial charge in [0.2, 0.25) is 18.1 Å². The van der Waals surface area contributed by atoms with E-state index in [2.05, 4.69) is 5.32 Å². The molecule has 1 fully saturated rings. The van der Waals surface area contributed by atoms with Crippen LogP contribution in [0.25, 0.3) is 10.9 Å². The van der Waals surface area contributed by atoms with Crippen LogP contribution in [0, 0.1) is 0 Å². The molecule has 1 aromatic carbocycles. The van der Waals surface area contributed by atoms with Gasteiger partial charge in [0.15, 0.2) is 11.5 Å². The molecule has 0 bridgehead atoms. The molecule has 1 N–H and O–H groups in total. The predicted octanol–water partition coefficient (Wildman–Crippen LogP) is 1.17. The molecular formula is C23H28N4O7. The lowest BCUT2D eigenvalue weighted by molar-refractivity contribution is -0.134. The molecule has 0 spiro atoms. The average molecular weight is 472 g/mol. The molecular weight excluding hydrogens is 444 g/mol. The Morgan fingerprint density at radius 3 is 2.35 bits per heavy atom. The lowest BCUT2D eigenvalue weighted by atomic mass is 10.1. The van der Waals surface area contributed by atoms with Gasteiger partial charge in [0, 0.05) is 45.0 Å². The van der Waals surface area contributed by atoms with Gasteiger partial charge in [-0.3, -0.25) is 14.4 Å². The summed E-state index contributed by atoms with van der Waals surface area (Å²) in [7, 11) is 0. The van der Waals surface area contributed by atoms with Crippen molar-refractivity contribution in [2.75, 3.05) is 39.6 Å². The minimum Gasteiger partial charge on any atom is -0.454 e. The monoisotopic (exact) mass is 472 g/mol. The first-order chi connectivity index (χ1) is 16.3. The summed E-state index contributed by atoms with van der Waals surface area (Å²) in [5, 5.41) is 2.99. The van der Waals surface area contributed by atoms with Crippen LogP contribution in [0.2, 0.25) is 0 Å². The summed E-state index contributed by atoms with van der Waals surface area (Å²) in [5.41, 5.74) is 0.134. The maximum Gasteiger partial charge on any atom is 0.409 e. The highest BCUT2D eigenvalue weighted by atomic mass is 16.7. The summed E-state index contributed by atoms with van der Waals surface area (Å²) in [6, 6.07) is 2.47. The van der Waals surface area contributed by atoms with Gasteiger partial charge in [-0.25, -0.2) is 4.79 Å². The summed E-state index contributed by atoms with van der Waals surface area (Å²) in [4.78, 5) is 54.0. The molecule has 4 rings (SSSR count). The van der Waals surface area contributed by atoms with Crippen LogP contribution in [0.1, 0.15) is 31.1 Å². The number of pyridine rings is 1. The number of aromatic nitrogens is 1. The van der Waals surface area contributed by atoms with Crippen molar-refractivity contribution < 1.29 is 28.6 Å². The highest BCUT2D eigenvalue weighted by molar-refractivity contribution is 6.00. The Hall–Kier alpha value is -3.76. The number of nitrogens with one attached hydrogen (secondary N) is 1. The number of fused-ring (bicyclic) bond motifs is 2. The van der Waals surface area contributed by atoms with E-state index in [1.54, 1.807) is 40.3 Å².